The molecule has 0 unspecified atom stereocenters. The fourth-order valence-corrected chi connectivity index (χ4v) is 6.45. The van der Waals surface area contributed by atoms with Crippen LogP contribution in [0, 0.1) is 5.82 Å². The number of methoxy groups -OCH3 is 1. The third-order valence-electron chi connectivity index (χ3n) is 8.96. The Morgan fingerprint density at radius 3 is 2.53 bits per heavy atom. The number of likely N-dealkylation sites (tertiary alicyclic amines) is 1. The number of nitrogens with zero attached hydrogens (tertiary/aromatic N) is 3. The predicted molar refractivity (Wildman–Crippen MR) is 191 cm³/mol. The van der Waals surface area contributed by atoms with E-state index >= 15 is 4.39 Å². The number of amides is 4. The molecule has 0 saturated carbocycles. The molecule has 1 fully saturated rings. The van der Waals surface area contributed by atoms with Crippen LogP contribution in [0.2, 0.25) is 0 Å². The van der Waals surface area contributed by atoms with E-state index in [1.807, 2.05) is 31.2 Å². The molecule has 0 radical (unpaired) electrons. The van der Waals surface area contributed by atoms with E-state index in [2.05, 4.69) is 5.32 Å². The lowest BCUT2D eigenvalue weighted by Gasteiger charge is -2.44. The van der Waals surface area contributed by atoms with Crippen molar-refractivity contribution < 1.29 is 42.5 Å². The first-order chi connectivity index (χ1) is 24.1. The molecule has 1 N–H and O–H groups in total. The van der Waals surface area contributed by atoms with Crippen LogP contribution in [0.4, 0.5) is 14.9 Å². The summed E-state index contributed by atoms with van der Waals surface area (Å²) in [6.45, 7) is 14.2. The Labute approximate surface area is 300 Å². The molecule has 2 aromatic carbocycles. The van der Waals surface area contributed by atoms with Crippen LogP contribution < -0.4 is 19.7 Å². The number of hydrogen-bond acceptors (Lipinski definition) is 8. The second kappa shape index (κ2) is 16.8. The van der Waals surface area contributed by atoms with Gasteiger partial charge in [-0.1, -0.05) is 19.1 Å². The van der Waals surface area contributed by atoms with Crippen LogP contribution >= 0.6 is 0 Å². The Bertz CT molecular complexity index is 1580. The van der Waals surface area contributed by atoms with E-state index in [0.29, 0.717) is 31.9 Å². The van der Waals surface area contributed by atoms with Gasteiger partial charge in [0.05, 0.1) is 23.9 Å². The van der Waals surface area contributed by atoms with Crippen molar-refractivity contribution in [1.29, 1.82) is 0 Å². The number of hydrogen-bond donors (Lipinski definition) is 1. The molecule has 2 aliphatic heterocycles. The molecular formula is C38H53FN4O8. The van der Waals surface area contributed by atoms with Gasteiger partial charge < -0.3 is 39.0 Å². The van der Waals surface area contributed by atoms with Gasteiger partial charge in [-0.05, 0) is 71.7 Å². The van der Waals surface area contributed by atoms with E-state index in [1.54, 1.807) is 58.5 Å². The first-order valence-electron chi connectivity index (χ1n) is 17.7. The summed E-state index contributed by atoms with van der Waals surface area (Å²) >= 11 is 0. The smallest absolute Gasteiger partial charge is 0.410 e. The molecule has 280 valence electrons. The molecule has 2 aliphatic rings. The number of piperidine rings is 1. The van der Waals surface area contributed by atoms with Crippen LogP contribution in [0.15, 0.2) is 36.4 Å². The number of carbonyl (C=O) groups excluding carboxylic acids is 4. The van der Waals surface area contributed by atoms with Crippen LogP contribution in [-0.4, -0.2) is 104 Å². The molecule has 4 rings (SSSR count). The average molecular weight is 713 g/mol. The van der Waals surface area contributed by atoms with Gasteiger partial charge in [0.15, 0.2) is 5.60 Å². The van der Waals surface area contributed by atoms with Crippen molar-refractivity contribution in [2.75, 3.05) is 57.9 Å². The molecule has 12 nitrogen and oxygen atoms in total. The SMILES string of the molecule is CCC(=O)NCCN1C(=O)C(C)(C)Oc2cc(F)c(C(=O)N(CC)[C@H]3CN(C(=O)OC(C)(C)C)CC[C@@H]3c3cccc(OCCCOC)c3)cc21. The van der Waals surface area contributed by atoms with Crippen LogP contribution in [0.3, 0.4) is 0 Å². The van der Waals surface area contributed by atoms with Gasteiger partial charge in [-0.25, -0.2) is 9.18 Å². The van der Waals surface area contributed by atoms with Crippen molar-refractivity contribution in [2.45, 2.75) is 90.9 Å². The Morgan fingerprint density at radius 2 is 1.86 bits per heavy atom. The molecule has 4 amide bonds. The maximum atomic E-state index is 16.0. The molecule has 2 atom stereocenters. The van der Waals surface area contributed by atoms with Gasteiger partial charge in [-0.15, -0.1) is 0 Å². The molecule has 51 heavy (non-hydrogen) atoms. The van der Waals surface area contributed by atoms with Gasteiger partial charge in [-0.3, -0.25) is 14.4 Å². The minimum atomic E-state index is -1.29. The number of halogens is 1. The molecule has 2 heterocycles. The van der Waals surface area contributed by atoms with E-state index in [0.717, 1.165) is 18.1 Å². The summed E-state index contributed by atoms with van der Waals surface area (Å²) < 4.78 is 38.7. The van der Waals surface area contributed by atoms with E-state index in [-0.39, 0.29) is 67.3 Å². The summed E-state index contributed by atoms with van der Waals surface area (Å²) in [5.41, 5.74) is -1.09. The number of fused-ring (bicyclic) bond motifs is 1. The number of rotatable bonds is 13. The highest BCUT2D eigenvalue weighted by Crippen LogP contribution is 2.41. The summed E-state index contributed by atoms with van der Waals surface area (Å²) in [6.07, 6.45) is 1.03. The average Bonchev–Trinajstić information content (AvgIpc) is 3.07. The highest BCUT2D eigenvalue weighted by atomic mass is 19.1. The number of carbonyl (C=O) groups is 4. The van der Waals surface area contributed by atoms with Crippen molar-refractivity contribution in [3.63, 3.8) is 0 Å². The quantitative estimate of drug-likeness (QED) is 0.269. The summed E-state index contributed by atoms with van der Waals surface area (Å²) in [5, 5.41) is 2.77. The van der Waals surface area contributed by atoms with Crippen molar-refractivity contribution >= 4 is 29.5 Å². The van der Waals surface area contributed by atoms with Gasteiger partial charge >= 0.3 is 6.09 Å². The topological polar surface area (TPSA) is 127 Å². The van der Waals surface area contributed by atoms with Gasteiger partial charge in [0, 0.05) is 71.3 Å². The van der Waals surface area contributed by atoms with Crippen molar-refractivity contribution in [2.24, 2.45) is 0 Å². The van der Waals surface area contributed by atoms with E-state index in [4.69, 9.17) is 18.9 Å². The number of anilines is 1. The second-order valence-electron chi connectivity index (χ2n) is 14.3. The van der Waals surface area contributed by atoms with Gasteiger partial charge in [0.25, 0.3) is 11.8 Å². The summed E-state index contributed by atoms with van der Waals surface area (Å²) in [5.74, 6) is -1.38. The largest absolute Gasteiger partial charge is 0.493 e. The standard InChI is InChI=1S/C38H53FN4O8/c1-9-33(44)40-16-18-43-30-22-28(29(39)23-32(30)50-38(6,7)35(43)46)34(45)42(10-2)31-24-41(36(47)51-37(3,4)5)17-15-27(31)25-13-11-14-26(21-25)49-20-12-19-48-8/h11,13-14,21-23,27,31H,9-10,12,15-20,24H2,1-8H3,(H,40,44)/t27-,31+/m1/s1. The number of ether oxygens (including phenoxy) is 4. The van der Waals surface area contributed by atoms with Gasteiger partial charge in [0.2, 0.25) is 5.91 Å². The zero-order valence-electron chi connectivity index (χ0n) is 31.2. The summed E-state index contributed by atoms with van der Waals surface area (Å²) in [6, 6.07) is 9.62. The van der Waals surface area contributed by atoms with Crippen LogP contribution in [0.25, 0.3) is 0 Å². The first kappa shape index (κ1) is 39.4. The van der Waals surface area contributed by atoms with Crippen LogP contribution in [0.5, 0.6) is 11.5 Å². The Kier molecular flexibility index (Phi) is 12.9. The highest BCUT2D eigenvalue weighted by molar-refractivity contribution is 6.04. The molecule has 13 heteroatoms. The normalized spacial score (nSPS) is 18.4. The molecule has 1 saturated heterocycles. The van der Waals surface area contributed by atoms with Gasteiger partial charge in [-0.2, -0.15) is 0 Å². The fraction of sp³-hybridized carbons (Fsp3) is 0.579. The van der Waals surface area contributed by atoms with Crippen LogP contribution in [-0.2, 0) is 19.1 Å². The molecule has 2 aromatic rings. The predicted octanol–water partition coefficient (Wildman–Crippen LogP) is 5.53. The number of likely N-dealkylation sites (N-methyl/N-ethyl adjacent to an activating group) is 1. The van der Waals surface area contributed by atoms with Crippen molar-refractivity contribution in [3.8, 4) is 11.5 Å². The van der Waals surface area contributed by atoms with Crippen molar-refractivity contribution in [3.05, 3.63) is 53.3 Å². The van der Waals surface area contributed by atoms with Crippen LogP contribution in [0.1, 0.15) is 89.6 Å². The maximum Gasteiger partial charge on any atom is 0.410 e. The minimum Gasteiger partial charge on any atom is -0.493 e. The highest BCUT2D eigenvalue weighted by Gasteiger charge is 2.43. The van der Waals surface area contributed by atoms with E-state index in [9.17, 15) is 19.2 Å². The van der Waals surface area contributed by atoms with Crippen molar-refractivity contribution in [1.82, 2.24) is 15.1 Å². The number of benzene rings is 2. The Balaban J connectivity index is 1.71. The zero-order chi connectivity index (χ0) is 37.5. The first-order valence-corrected chi connectivity index (χ1v) is 17.7. The minimum absolute atomic E-state index is 0.0978. The van der Waals surface area contributed by atoms with E-state index < -0.39 is 35.1 Å². The lowest BCUT2D eigenvalue weighted by molar-refractivity contribution is -0.132. The zero-order valence-corrected chi connectivity index (χ0v) is 31.2. The van der Waals surface area contributed by atoms with E-state index in [1.165, 1.54) is 11.0 Å². The third kappa shape index (κ3) is 9.69. The molecule has 0 aromatic heterocycles. The second-order valence-corrected chi connectivity index (χ2v) is 14.3. The molecular weight excluding hydrogens is 659 g/mol. The summed E-state index contributed by atoms with van der Waals surface area (Å²) in [4.78, 5) is 57.8. The Morgan fingerprint density at radius 1 is 1.12 bits per heavy atom. The maximum absolute atomic E-state index is 16.0. The molecule has 0 aliphatic carbocycles. The monoisotopic (exact) mass is 712 g/mol. The lowest BCUT2D eigenvalue weighted by atomic mass is 9.84. The lowest BCUT2D eigenvalue weighted by Crippen LogP contribution is -2.56. The molecule has 0 spiro atoms. The Hall–Kier alpha value is -4.39. The molecule has 0 bridgehead atoms. The summed E-state index contributed by atoms with van der Waals surface area (Å²) in [7, 11) is 1.64. The van der Waals surface area contributed by atoms with Gasteiger partial charge in [0.1, 0.15) is 22.9 Å². The third-order valence-corrected chi connectivity index (χ3v) is 8.96. The number of nitrogens with one attached hydrogen (secondary N) is 1. The fourth-order valence-electron chi connectivity index (χ4n) is 6.45.